The van der Waals surface area contributed by atoms with Crippen LogP contribution in [0.15, 0.2) is 48.5 Å². The highest BCUT2D eigenvalue weighted by Gasteiger charge is 2.32. The van der Waals surface area contributed by atoms with Crippen molar-refractivity contribution in [1.82, 2.24) is 0 Å². The molecule has 2 rings (SSSR count). The van der Waals surface area contributed by atoms with Crippen LogP contribution in [0.2, 0.25) is 0 Å². The highest BCUT2D eigenvalue weighted by atomic mass is 16.6. The predicted octanol–water partition coefficient (Wildman–Crippen LogP) is 3.22. The monoisotopic (exact) mass is 326 g/mol. The van der Waals surface area contributed by atoms with Crippen LogP contribution in [-0.2, 0) is 9.59 Å². The van der Waals surface area contributed by atoms with Gasteiger partial charge in [-0.1, -0.05) is 24.3 Å². The van der Waals surface area contributed by atoms with Gasteiger partial charge in [0.2, 0.25) is 0 Å². The van der Waals surface area contributed by atoms with Crippen LogP contribution in [-0.4, -0.2) is 16.5 Å². The molecule has 0 saturated carbocycles. The van der Waals surface area contributed by atoms with Crippen molar-refractivity contribution in [3.63, 3.8) is 0 Å². The van der Waals surface area contributed by atoms with Gasteiger partial charge in [0.05, 0.1) is 16.8 Å². The van der Waals surface area contributed by atoms with E-state index in [-0.39, 0.29) is 17.3 Å². The van der Waals surface area contributed by atoms with Gasteiger partial charge in [-0.2, -0.15) is 0 Å². The molecule has 0 saturated heterocycles. The summed E-state index contributed by atoms with van der Waals surface area (Å²) in [7, 11) is 0. The maximum absolute atomic E-state index is 12.2. The molecule has 2 unspecified atom stereocenters. The summed E-state index contributed by atoms with van der Waals surface area (Å²) in [6, 6.07) is 12.5. The number of nitro benzene ring substituents is 1. The molecule has 124 valence electrons. The first kappa shape index (κ1) is 17.3. The van der Waals surface area contributed by atoms with Gasteiger partial charge in [0, 0.05) is 17.8 Å². The van der Waals surface area contributed by atoms with Crippen LogP contribution in [0.4, 0.5) is 11.4 Å². The smallest absolute Gasteiger partial charge is 0.269 e. The van der Waals surface area contributed by atoms with Crippen molar-refractivity contribution in [3.05, 3.63) is 69.8 Å². The van der Waals surface area contributed by atoms with Crippen molar-refractivity contribution in [2.24, 2.45) is 0 Å². The standard InChI is InChI=1S/C18H18N2O4/c1-11(21)17(13-3-7-15(19)8-4-13)18(12(2)22)14-5-9-16(10-6-14)20(23)24/h3-10,17-18H,19H2,1-2H3. The number of ketones is 2. The van der Waals surface area contributed by atoms with Crippen LogP contribution in [0.1, 0.15) is 36.8 Å². The predicted molar refractivity (Wildman–Crippen MR) is 90.8 cm³/mol. The second-order valence-corrected chi connectivity index (χ2v) is 5.69. The zero-order valence-corrected chi connectivity index (χ0v) is 13.4. The average molecular weight is 326 g/mol. The molecule has 2 aromatic carbocycles. The van der Waals surface area contributed by atoms with Crippen molar-refractivity contribution >= 4 is 22.9 Å². The van der Waals surface area contributed by atoms with Gasteiger partial charge in [-0.25, -0.2) is 0 Å². The second kappa shape index (κ2) is 7.04. The third kappa shape index (κ3) is 3.65. The Balaban J connectivity index is 2.49. The van der Waals surface area contributed by atoms with Gasteiger partial charge in [0.25, 0.3) is 5.69 Å². The van der Waals surface area contributed by atoms with Gasteiger partial charge in [-0.05, 0) is 37.1 Å². The Morgan fingerprint density at radius 3 is 1.58 bits per heavy atom. The lowest BCUT2D eigenvalue weighted by molar-refractivity contribution is -0.384. The molecule has 0 aliphatic carbocycles. The van der Waals surface area contributed by atoms with Gasteiger partial charge in [-0.3, -0.25) is 19.7 Å². The summed E-state index contributed by atoms with van der Waals surface area (Å²) in [4.78, 5) is 34.7. The molecule has 2 atom stereocenters. The fourth-order valence-corrected chi connectivity index (χ4v) is 2.83. The number of nitrogens with two attached hydrogens (primary N) is 1. The fourth-order valence-electron chi connectivity index (χ4n) is 2.83. The molecule has 0 aliphatic heterocycles. The minimum Gasteiger partial charge on any atom is -0.399 e. The van der Waals surface area contributed by atoms with Gasteiger partial charge in [-0.15, -0.1) is 0 Å². The summed E-state index contributed by atoms with van der Waals surface area (Å²) >= 11 is 0. The molecule has 6 nitrogen and oxygen atoms in total. The summed E-state index contributed by atoms with van der Waals surface area (Å²) in [5.41, 5.74) is 7.45. The molecule has 0 fully saturated rings. The molecular formula is C18H18N2O4. The van der Waals surface area contributed by atoms with E-state index in [0.717, 1.165) is 0 Å². The van der Waals surface area contributed by atoms with Crippen LogP contribution in [0.5, 0.6) is 0 Å². The number of carbonyl (C=O) groups is 2. The van der Waals surface area contributed by atoms with Crippen molar-refractivity contribution in [1.29, 1.82) is 0 Å². The van der Waals surface area contributed by atoms with E-state index < -0.39 is 16.8 Å². The highest BCUT2D eigenvalue weighted by molar-refractivity contribution is 5.94. The van der Waals surface area contributed by atoms with Gasteiger partial charge in [0.1, 0.15) is 11.6 Å². The van der Waals surface area contributed by atoms with Crippen molar-refractivity contribution < 1.29 is 14.5 Å². The van der Waals surface area contributed by atoms with E-state index in [1.165, 1.54) is 38.1 Å². The molecule has 0 heterocycles. The minimum absolute atomic E-state index is 0.0621. The summed E-state index contributed by atoms with van der Waals surface area (Å²) in [5.74, 6) is -1.70. The Bertz CT molecular complexity index is 767. The molecule has 6 heteroatoms. The SMILES string of the molecule is CC(=O)C(c1ccc(N)cc1)C(C(C)=O)c1ccc([N+](=O)[O-])cc1. The zero-order valence-electron chi connectivity index (χ0n) is 13.4. The van der Waals surface area contributed by atoms with E-state index in [9.17, 15) is 19.7 Å². The Kier molecular flexibility index (Phi) is 5.08. The number of non-ortho nitro benzene ring substituents is 1. The molecule has 0 aliphatic rings. The Morgan fingerprint density at radius 1 is 0.875 bits per heavy atom. The quantitative estimate of drug-likeness (QED) is 0.498. The van der Waals surface area contributed by atoms with Crippen molar-refractivity contribution in [2.45, 2.75) is 25.7 Å². The first-order valence-corrected chi connectivity index (χ1v) is 7.42. The number of hydrogen-bond donors (Lipinski definition) is 1. The number of rotatable bonds is 6. The summed E-state index contributed by atoms with van der Waals surface area (Å²) in [5, 5.41) is 10.8. The van der Waals surface area contributed by atoms with Crippen LogP contribution in [0.3, 0.4) is 0 Å². The van der Waals surface area contributed by atoms with Gasteiger partial charge in [0.15, 0.2) is 0 Å². The van der Waals surface area contributed by atoms with Crippen LogP contribution in [0, 0.1) is 10.1 Å². The van der Waals surface area contributed by atoms with E-state index in [0.29, 0.717) is 16.8 Å². The number of nitro groups is 1. The van der Waals surface area contributed by atoms with Gasteiger partial charge >= 0.3 is 0 Å². The van der Waals surface area contributed by atoms with E-state index >= 15 is 0 Å². The number of benzene rings is 2. The van der Waals surface area contributed by atoms with Crippen molar-refractivity contribution in [2.75, 3.05) is 5.73 Å². The summed E-state index contributed by atoms with van der Waals surface area (Å²) in [6.07, 6.45) is 0. The van der Waals surface area contributed by atoms with E-state index in [2.05, 4.69) is 0 Å². The summed E-state index contributed by atoms with van der Waals surface area (Å²) < 4.78 is 0. The Labute approximate surface area is 139 Å². The lowest BCUT2D eigenvalue weighted by atomic mass is 9.77. The van der Waals surface area contributed by atoms with E-state index in [4.69, 9.17) is 5.73 Å². The van der Waals surface area contributed by atoms with Gasteiger partial charge < -0.3 is 5.73 Å². The van der Waals surface area contributed by atoms with Crippen LogP contribution >= 0.6 is 0 Å². The Hall–Kier alpha value is -3.02. The third-order valence-electron chi connectivity index (χ3n) is 3.97. The number of nitrogen functional groups attached to an aromatic ring is 1. The largest absolute Gasteiger partial charge is 0.399 e. The lowest BCUT2D eigenvalue weighted by Gasteiger charge is -2.24. The third-order valence-corrected chi connectivity index (χ3v) is 3.97. The van der Waals surface area contributed by atoms with Crippen molar-refractivity contribution in [3.8, 4) is 0 Å². The van der Waals surface area contributed by atoms with Crippen LogP contribution in [0.25, 0.3) is 0 Å². The molecule has 0 bridgehead atoms. The average Bonchev–Trinajstić information content (AvgIpc) is 2.53. The zero-order chi connectivity index (χ0) is 17.9. The molecule has 2 N–H and O–H groups in total. The molecule has 0 aromatic heterocycles. The second-order valence-electron chi connectivity index (χ2n) is 5.69. The first-order valence-electron chi connectivity index (χ1n) is 7.42. The first-order chi connectivity index (χ1) is 11.3. The molecule has 0 spiro atoms. The number of hydrogen-bond acceptors (Lipinski definition) is 5. The molecule has 2 aromatic rings. The number of anilines is 1. The highest BCUT2D eigenvalue weighted by Crippen LogP contribution is 2.35. The molecular weight excluding hydrogens is 308 g/mol. The topological polar surface area (TPSA) is 103 Å². The van der Waals surface area contributed by atoms with E-state index in [1.807, 2.05) is 0 Å². The number of nitrogens with zero attached hydrogens (tertiary/aromatic N) is 1. The fraction of sp³-hybridized carbons (Fsp3) is 0.222. The number of carbonyl (C=O) groups excluding carboxylic acids is 2. The normalized spacial score (nSPS) is 13.1. The molecule has 0 radical (unpaired) electrons. The molecule has 0 amide bonds. The Morgan fingerprint density at radius 2 is 1.25 bits per heavy atom. The maximum Gasteiger partial charge on any atom is 0.269 e. The number of Topliss-reactive ketones (excluding diaryl/α,β-unsaturated/α-hetero) is 2. The molecule has 24 heavy (non-hydrogen) atoms. The lowest BCUT2D eigenvalue weighted by Crippen LogP contribution is -2.24. The maximum atomic E-state index is 12.2. The van der Waals surface area contributed by atoms with Crippen LogP contribution < -0.4 is 5.73 Å². The summed E-state index contributed by atoms with van der Waals surface area (Å²) in [6.45, 7) is 2.85. The minimum atomic E-state index is -0.702. The van der Waals surface area contributed by atoms with E-state index in [1.54, 1.807) is 24.3 Å².